The predicted molar refractivity (Wildman–Crippen MR) is 164 cm³/mol. The van der Waals surface area contributed by atoms with Crippen molar-refractivity contribution in [1.29, 1.82) is 0 Å². The molecule has 0 heterocycles. The quantitative estimate of drug-likeness (QED) is 0.170. The second-order valence-corrected chi connectivity index (χ2v) is 11.0. The van der Waals surface area contributed by atoms with E-state index in [1.807, 2.05) is 36.4 Å². The first-order valence-corrected chi connectivity index (χ1v) is 14.6. The van der Waals surface area contributed by atoms with Gasteiger partial charge in [0.05, 0.1) is 6.61 Å². The largest absolute Gasteiger partial charge is 0.508 e. The fraction of sp³-hybridized carbons (Fsp3) is 0.441. The van der Waals surface area contributed by atoms with E-state index in [-0.39, 0.29) is 5.92 Å². The lowest BCUT2D eigenvalue weighted by Crippen LogP contribution is -2.37. The Balaban J connectivity index is 1.57. The number of anilines is 1. The number of carbonyl (C=O) groups is 1. The topological polar surface area (TPSA) is 82.0 Å². The lowest BCUT2D eigenvalue weighted by atomic mass is 9.86. The van der Waals surface area contributed by atoms with Gasteiger partial charge >= 0.3 is 6.09 Å². The molecule has 0 saturated carbocycles. The van der Waals surface area contributed by atoms with Gasteiger partial charge in [0.15, 0.2) is 0 Å². The Bertz CT molecular complexity index is 1200. The third kappa shape index (κ3) is 8.94. The minimum Gasteiger partial charge on any atom is -0.508 e. The van der Waals surface area contributed by atoms with Crippen molar-refractivity contribution in [2.24, 2.45) is 0 Å². The lowest BCUT2D eigenvalue weighted by Gasteiger charge is -2.34. The second-order valence-electron chi connectivity index (χ2n) is 11.0. The maximum absolute atomic E-state index is 10.8. The van der Waals surface area contributed by atoms with E-state index in [9.17, 15) is 9.90 Å². The Labute approximate surface area is 240 Å². The number of aryl methyl sites for hydroxylation is 1. The first-order chi connectivity index (χ1) is 19.2. The number of benzene rings is 3. The summed E-state index contributed by atoms with van der Waals surface area (Å²) in [6, 6.07) is 23.5. The smallest absolute Gasteiger partial charge is 0.404 e. The van der Waals surface area contributed by atoms with Gasteiger partial charge in [-0.15, -0.1) is 0 Å². The van der Waals surface area contributed by atoms with Gasteiger partial charge in [0.1, 0.15) is 11.5 Å². The third-order valence-electron chi connectivity index (χ3n) is 7.30. The molecule has 0 aromatic heterocycles. The second kappa shape index (κ2) is 15.2. The molecule has 3 aromatic rings. The van der Waals surface area contributed by atoms with E-state index in [1.165, 1.54) is 16.8 Å². The molecule has 3 rings (SSSR count). The number of unbranched alkanes of at least 4 members (excludes halogenated alkanes) is 1. The van der Waals surface area contributed by atoms with E-state index < -0.39 is 6.09 Å². The number of phenols is 1. The number of aromatic hydroxyl groups is 1. The summed E-state index contributed by atoms with van der Waals surface area (Å²) in [5.41, 5.74) is 5.75. The number of nitrogens with one attached hydrogen (secondary N) is 1. The van der Waals surface area contributed by atoms with E-state index in [4.69, 9.17) is 9.84 Å². The Hall–Kier alpha value is -3.67. The van der Waals surface area contributed by atoms with Crippen molar-refractivity contribution in [3.05, 3.63) is 89.0 Å². The third-order valence-corrected chi connectivity index (χ3v) is 7.30. The van der Waals surface area contributed by atoms with Crippen LogP contribution in [0.2, 0.25) is 0 Å². The molecule has 216 valence electrons. The fourth-order valence-electron chi connectivity index (χ4n) is 5.46. The van der Waals surface area contributed by atoms with E-state index in [2.05, 4.69) is 75.2 Å². The minimum absolute atomic E-state index is 0.132. The molecule has 0 aliphatic rings. The van der Waals surface area contributed by atoms with Crippen LogP contribution in [0.5, 0.6) is 11.5 Å². The molecular formula is C34H46N2O4. The van der Waals surface area contributed by atoms with Crippen LogP contribution in [0.1, 0.15) is 82.1 Å². The monoisotopic (exact) mass is 546 g/mol. The SMILES string of the molecule is CC[C@H](c1cccc(N(C(C)C)C(C)C)c1)c1cc(CCCCOc2ccc(CCNC(=O)O)cc2)ccc1O. The van der Waals surface area contributed by atoms with Gasteiger partial charge in [-0.3, -0.25) is 0 Å². The van der Waals surface area contributed by atoms with E-state index in [0.717, 1.165) is 42.6 Å². The van der Waals surface area contributed by atoms with Crippen LogP contribution >= 0.6 is 0 Å². The molecule has 0 saturated heterocycles. The highest BCUT2D eigenvalue weighted by Crippen LogP contribution is 2.36. The van der Waals surface area contributed by atoms with Gasteiger partial charge in [-0.05, 0) is 107 Å². The van der Waals surface area contributed by atoms with Crippen LogP contribution in [0.25, 0.3) is 0 Å². The zero-order valence-electron chi connectivity index (χ0n) is 24.7. The van der Waals surface area contributed by atoms with Crippen molar-refractivity contribution < 1.29 is 19.7 Å². The Kier molecular flexibility index (Phi) is 11.7. The maximum atomic E-state index is 10.8. The van der Waals surface area contributed by atoms with Gasteiger partial charge in [0.25, 0.3) is 0 Å². The van der Waals surface area contributed by atoms with Crippen molar-refractivity contribution in [3.63, 3.8) is 0 Å². The number of hydrogen-bond donors (Lipinski definition) is 3. The highest BCUT2D eigenvalue weighted by Gasteiger charge is 2.20. The van der Waals surface area contributed by atoms with Gasteiger partial charge < -0.3 is 25.2 Å². The molecule has 0 bridgehead atoms. The molecule has 3 N–H and O–H groups in total. The van der Waals surface area contributed by atoms with Crippen molar-refractivity contribution in [3.8, 4) is 11.5 Å². The molecule has 3 aromatic carbocycles. The molecule has 0 aliphatic carbocycles. The molecule has 0 aliphatic heterocycles. The molecule has 0 unspecified atom stereocenters. The molecule has 0 radical (unpaired) electrons. The summed E-state index contributed by atoms with van der Waals surface area (Å²) in [7, 11) is 0. The normalized spacial score (nSPS) is 12.0. The highest BCUT2D eigenvalue weighted by atomic mass is 16.5. The molecule has 40 heavy (non-hydrogen) atoms. The van der Waals surface area contributed by atoms with Crippen LogP contribution in [0, 0.1) is 0 Å². The number of amides is 1. The summed E-state index contributed by atoms with van der Waals surface area (Å²) < 4.78 is 5.91. The van der Waals surface area contributed by atoms with Crippen molar-refractivity contribution >= 4 is 11.8 Å². The van der Waals surface area contributed by atoms with Gasteiger partial charge in [0, 0.05) is 35.8 Å². The number of phenolic OH excluding ortho intramolecular Hbond substituents is 1. The summed E-state index contributed by atoms with van der Waals surface area (Å²) in [5, 5.41) is 21.9. The molecular weight excluding hydrogens is 500 g/mol. The standard InChI is InChI=1S/C34H46N2O4/c1-6-31(28-11-9-12-29(23-28)36(24(2)3)25(4)5)32-22-27(15-18-33(32)37)10-7-8-21-40-30-16-13-26(14-17-30)19-20-35-34(38)39/h9,11-18,22-25,31,35,37H,6-8,10,19-21H2,1-5H3,(H,38,39)/t31-/m1/s1. The first kappa shape index (κ1) is 30.9. The van der Waals surface area contributed by atoms with Crippen LogP contribution < -0.4 is 15.0 Å². The van der Waals surface area contributed by atoms with Crippen molar-refractivity contribution in [2.45, 2.75) is 84.7 Å². The lowest BCUT2D eigenvalue weighted by molar-refractivity contribution is 0.194. The van der Waals surface area contributed by atoms with E-state index in [0.29, 0.717) is 37.4 Å². The number of hydrogen-bond acceptors (Lipinski definition) is 4. The molecule has 1 amide bonds. The van der Waals surface area contributed by atoms with Gasteiger partial charge in [-0.2, -0.15) is 0 Å². The summed E-state index contributed by atoms with van der Waals surface area (Å²) in [5.74, 6) is 1.31. The molecule has 6 nitrogen and oxygen atoms in total. The van der Waals surface area contributed by atoms with Gasteiger partial charge in [0.2, 0.25) is 0 Å². The number of nitrogens with zero attached hydrogens (tertiary/aromatic N) is 1. The highest BCUT2D eigenvalue weighted by molar-refractivity contribution is 5.64. The van der Waals surface area contributed by atoms with Crippen molar-refractivity contribution in [2.75, 3.05) is 18.1 Å². The average molecular weight is 547 g/mol. The van der Waals surface area contributed by atoms with Crippen LogP contribution in [-0.2, 0) is 12.8 Å². The van der Waals surface area contributed by atoms with Crippen LogP contribution in [0.3, 0.4) is 0 Å². The minimum atomic E-state index is -1.00. The molecule has 0 fully saturated rings. The van der Waals surface area contributed by atoms with Crippen LogP contribution in [0.4, 0.5) is 10.5 Å². The number of rotatable bonds is 15. The maximum Gasteiger partial charge on any atom is 0.404 e. The summed E-state index contributed by atoms with van der Waals surface area (Å²) in [4.78, 5) is 13.0. The summed E-state index contributed by atoms with van der Waals surface area (Å²) in [6.45, 7) is 12.1. The fourth-order valence-corrected chi connectivity index (χ4v) is 5.46. The Morgan fingerprint density at radius 3 is 2.25 bits per heavy atom. The van der Waals surface area contributed by atoms with Crippen LogP contribution in [0.15, 0.2) is 66.7 Å². The summed E-state index contributed by atoms with van der Waals surface area (Å²) >= 11 is 0. The van der Waals surface area contributed by atoms with Crippen molar-refractivity contribution in [1.82, 2.24) is 5.32 Å². The average Bonchev–Trinajstić information content (AvgIpc) is 2.91. The molecule has 0 spiro atoms. The predicted octanol–water partition coefficient (Wildman–Crippen LogP) is 7.77. The zero-order valence-corrected chi connectivity index (χ0v) is 24.7. The number of ether oxygens (including phenoxy) is 1. The summed E-state index contributed by atoms with van der Waals surface area (Å²) in [6.07, 6.45) is 3.41. The Morgan fingerprint density at radius 2 is 1.60 bits per heavy atom. The van der Waals surface area contributed by atoms with Gasteiger partial charge in [-0.25, -0.2) is 4.79 Å². The van der Waals surface area contributed by atoms with Gasteiger partial charge in [-0.1, -0.05) is 43.3 Å². The zero-order chi connectivity index (χ0) is 29.1. The molecule has 1 atom stereocenters. The number of carboxylic acid groups (broad SMARTS) is 1. The first-order valence-electron chi connectivity index (χ1n) is 14.6. The molecule has 6 heteroatoms. The van der Waals surface area contributed by atoms with Crippen LogP contribution in [-0.4, -0.2) is 41.5 Å². The van der Waals surface area contributed by atoms with E-state index in [1.54, 1.807) is 0 Å². The Morgan fingerprint density at radius 1 is 0.900 bits per heavy atom. The van der Waals surface area contributed by atoms with E-state index >= 15 is 0 Å².